The number of anilines is 2. The quantitative estimate of drug-likeness (QED) is 0.472. The van der Waals surface area contributed by atoms with Crippen LogP contribution in [0, 0.1) is 5.92 Å². The van der Waals surface area contributed by atoms with Crippen LogP contribution < -0.4 is 19.4 Å². The zero-order chi connectivity index (χ0) is 23.1. The molecule has 7 nitrogen and oxygen atoms in total. The van der Waals surface area contributed by atoms with Crippen molar-refractivity contribution in [3.63, 3.8) is 0 Å². The van der Waals surface area contributed by atoms with Crippen molar-refractivity contribution in [3.8, 4) is 11.5 Å². The van der Waals surface area contributed by atoms with Crippen LogP contribution in [0.3, 0.4) is 0 Å². The van der Waals surface area contributed by atoms with Crippen LogP contribution in [0.5, 0.6) is 11.5 Å². The lowest BCUT2D eigenvalue weighted by Crippen LogP contribution is -2.37. The Hall–Kier alpha value is -3.36. The van der Waals surface area contributed by atoms with Crippen LogP contribution in [-0.2, 0) is 14.4 Å². The number of ether oxygens (including phenoxy) is 2. The Morgan fingerprint density at radius 3 is 2.24 bits per heavy atom. The highest BCUT2D eigenvalue weighted by Crippen LogP contribution is 2.49. The molecule has 0 aromatic heterocycles. The van der Waals surface area contributed by atoms with E-state index in [-0.39, 0.29) is 5.91 Å². The molecule has 8 heteroatoms. The van der Waals surface area contributed by atoms with Gasteiger partial charge in [-0.05, 0) is 57.9 Å². The molecular weight excluding hydrogens is 488 g/mol. The van der Waals surface area contributed by atoms with E-state index in [4.69, 9.17) is 14.3 Å². The molecule has 2 fully saturated rings. The molecule has 5 rings (SSSR count). The van der Waals surface area contributed by atoms with Crippen LogP contribution in [0.4, 0.5) is 11.4 Å². The summed E-state index contributed by atoms with van der Waals surface area (Å²) < 4.78 is 11.5. The lowest BCUT2D eigenvalue weighted by molar-refractivity contribution is -0.126. The third kappa shape index (κ3) is 3.46. The summed E-state index contributed by atoms with van der Waals surface area (Å²) in [5.41, 5.74) is 1.99. The zero-order valence-corrected chi connectivity index (χ0v) is 19.6. The normalized spacial score (nSPS) is 22.0. The van der Waals surface area contributed by atoms with Gasteiger partial charge in [0.15, 0.2) is 6.10 Å². The number of imide groups is 1. The van der Waals surface area contributed by atoms with Crippen LogP contribution in [0.25, 0.3) is 0 Å². The number of hydroxylamine groups is 1. The van der Waals surface area contributed by atoms with Gasteiger partial charge in [0.25, 0.3) is 5.91 Å². The van der Waals surface area contributed by atoms with Gasteiger partial charge in [-0.1, -0.05) is 36.4 Å². The van der Waals surface area contributed by atoms with Crippen LogP contribution in [0.2, 0.25) is 0 Å². The summed E-state index contributed by atoms with van der Waals surface area (Å²) in [6.45, 7) is 0. The molecule has 0 bridgehead atoms. The number of nitrogens with zero attached hydrogens (tertiary/aromatic N) is 2. The van der Waals surface area contributed by atoms with Gasteiger partial charge in [0, 0.05) is 0 Å². The van der Waals surface area contributed by atoms with Crippen molar-refractivity contribution in [2.24, 2.45) is 5.92 Å². The molecule has 2 heterocycles. The first-order valence-electron chi connectivity index (χ1n) is 10.4. The molecule has 2 aliphatic rings. The number of hydrogen-bond acceptors (Lipinski definition) is 6. The van der Waals surface area contributed by atoms with E-state index in [1.165, 1.54) is 12.0 Å². The van der Waals surface area contributed by atoms with Crippen molar-refractivity contribution < 1.29 is 23.9 Å². The standard InChI is InChI=1S/C25H21BrN2O5/c1-31-19-13-12-15(14-17(19)26)22-21-23(33-28(22)16-8-4-3-5-9-16)25(30)27(24(21)29)18-10-6-7-11-20(18)32-2/h3-14,21-23H,1-2H3. The summed E-state index contributed by atoms with van der Waals surface area (Å²) in [4.78, 5) is 34.6. The molecule has 0 aliphatic carbocycles. The van der Waals surface area contributed by atoms with E-state index < -0.39 is 24.0 Å². The Morgan fingerprint density at radius 2 is 1.55 bits per heavy atom. The van der Waals surface area contributed by atoms with Gasteiger partial charge in [-0.2, -0.15) is 0 Å². The summed E-state index contributed by atoms with van der Waals surface area (Å²) in [5, 5.41) is 1.67. The zero-order valence-electron chi connectivity index (χ0n) is 18.0. The second kappa shape index (κ2) is 8.53. The molecule has 168 valence electrons. The Kier molecular flexibility index (Phi) is 5.55. The topological polar surface area (TPSA) is 68.3 Å². The fourth-order valence-electron chi connectivity index (χ4n) is 4.47. The molecule has 33 heavy (non-hydrogen) atoms. The lowest BCUT2D eigenvalue weighted by atomic mass is 9.90. The number of rotatable bonds is 5. The summed E-state index contributed by atoms with van der Waals surface area (Å²) >= 11 is 3.53. The molecule has 3 aromatic rings. The maximum atomic E-state index is 13.7. The maximum absolute atomic E-state index is 13.7. The minimum atomic E-state index is -0.950. The predicted molar refractivity (Wildman–Crippen MR) is 126 cm³/mol. The van der Waals surface area contributed by atoms with Crippen LogP contribution in [-0.4, -0.2) is 32.1 Å². The second-order valence-electron chi connectivity index (χ2n) is 7.74. The number of amides is 2. The average molecular weight is 509 g/mol. The van der Waals surface area contributed by atoms with Crippen molar-refractivity contribution in [2.75, 3.05) is 24.2 Å². The monoisotopic (exact) mass is 508 g/mol. The highest BCUT2D eigenvalue weighted by Gasteiger charge is 2.60. The number of methoxy groups -OCH3 is 2. The maximum Gasteiger partial charge on any atom is 0.266 e. The summed E-state index contributed by atoms with van der Waals surface area (Å²) in [5.74, 6) is -0.355. The SMILES string of the molecule is COc1ccc(C2C3C(=O)N(c4ccccc4OC)C(=O)C3ON2c2ccccc2)cc1Br. The molecular formula is C25H21BrN2O5. The average Bonchev–Trinajstić information content (AvgIpc) is 3.35. The lowest BCUT2D eigenvalue weighted by Gasteiger charge is -2.29. The number of carbonyl (C=O) groups excluding carboxylic acids is 2. The van der Waals surface area contributed by atoms with Crippen molar-refractivity contribution >= 4 is 39.1 Å². The van der Waals surface area contributed by atoms with Crippen molar-refractivity contribution in [3.05, 3.63) is 82.8 Å². The Balaban J connectivity index is 1.61. The van der Waals surface area contributed by atoms with E-state index >= 15 is 0 Å². The van der Waals surface area contributed by atoms with E-state index in [9.17, 15) is 9.59 Å². The van der Waals surface area contributed by atoms with Gasteiger partial charge in [0.2, 0.25) is 5.91 Å². The number of fused-ring (bicyclic) bond motifs is 1. The van der Waals surface area contributed by atoms with E-state index in [2.05, 4.69) is 15.9 Å². The summed E-state index contributed by atoms with van der Waals surface area (Å²) in [7, 11) is 3.10. The molecule has 3 atom stereocenters. The fraction of sp³-hybridized carbons (Fsp3) is 0.200. The first kappa shape index (κ1) is 21.5. The van der Waals surface area contributed by atoms with Gasteiger partial charge < -0.3 is 9.47 Å². The first-order valence-corrected chi connectivity index (χ1v) is 11.2. The highest BCUT2D eigenvalue weighted by atomic mass is 79.9. The number of halogens is 1. The van der Waals surface area contributed by atoms with Crippen LogP contribution >= 0.6 is 15.9 Å². The molecule has 2 saturated heterocycles. The molecule has 0 N–H and O–H groups in total. The molecule has 0 saturated carbocycles. The Labute approximate surface area is 199 Å². The van der Waals surface area contributed by atoms with Gasteiger partial charge in [0.05, 0.1) is 36.1 Å². The summed E-state index contributed by atoms with van der Waals surface area (Å²) in [6.07, 6.45) is -0.950. The number of hydrogen-bond donors (Lipinski definition) is 0. The van der Waals surface area contributed by atoms with Crippen LogP contribution in [0.15, 0.2) is 77.3 Å². The van der Waals surface area contributed by atoms with E-state index in [1.807, 2.05) is 48.5 Å². The fourth-order valence-corrected chi connectivity index (χ4v) is 5.03. The molecule has 0 radical (unpaired) electrons. The largest absolute Gasteiger partial charge is 0.496 e. The molecule has 3 unspecified atom stereocenters. The Morgan fingerprint density at radius 1 is 0.848 bits per heavy atom. The molecule has 2 amide bonds. The minimum Gasteiger partial charge on any atom is -0.496 e. The van der Waals surface area contributed by atoms with E-state index in [1.54, 1.807) is 36.4 Å². The highest BCUT2D eigenvalue weighted by molar-refractivity contribution is 9.10. The van der Waals surface area contributed by atoms with Gasteiger partial charge in [0.1, 0.15) is 17.4 Å². The second-order valence-corrected chi connectivity index (χ2v) is 8.59. The number of benzene rings is 3. The van der Waals surface area contributed by atoms with Gasteiger partial charge in [-0.15, -0.1) is 0 Å². The van der Waals surface area contributed by atoms with Crippen LogP contribution in [0.1, 0.15) is 11.6 Å². The minimum absolute atomic E-state index is 0.329. The third-order valence-electron chi connectivity index (χ3n) is 5.97. The Bertz CT molecular complexity index is 1220. The van der Waals surface area contributed by atoms with Gasteiger partial charge >= 0.3 is 0 Å². The van der Waals surface area contributed by atoms with Crippen molar-refractivity contribution in [2.45, 2.75) is 12.1 Å². The third-order valence-corrected chi connectivity index (χ3v) is 6.59. The predicted octanol–water partition coefficient (Wildman–Crippen LogP) is 4.52. The first-order chi connectivity index (χ1) is 16.0. The molecule has 0 spiro atoms. The summed E-state index contributed by atoms with van der Waals surface area (Å²) in [6, 6.07) is 21.5. The smallest absolute Gasteiger partial charge is 0.266 e. The van der Waals surface area contributed by atoms with Crippen molar-refractivity contribution in [1.29, 1.82) is 0 Å². The van der Waals surface area contributed by atoms with Gasteiger partial charge in [-0.3, -0.25) is 14.4 Å². The van der Waals surface area contributed by atoms with E-state index in [0.717, 1.165) is 15.7 Å². The molecule has 2 aliphatic heterocycles. The number of para-hydroxylation sites is 3. The molecule has 3 aromatic carbocycles. The van der Waals surface area contributed by atoms with E-state index in [0.29, 0.717) is 17.2 Å². The number of carbonyl (C=O) groups is 2. The van der Waals surface area contributed by atoms with Gasteiger partial charge in [-0.25, -0.2) is 9.96 Å². The van der Waals surface area contributed by atoms with Crippen molar-refractivity contribution in [1.82, 2.24) is 0 Å².